The Morgan fingerprint density at radius 1 is 1.40 bits per heavy atom. The molecule has 3 heteroatoms. The van der Waals surface area contributed by atoms with Crippen LogP contribution in [-0.2, 0) is 11.2 Å². The number of benzene rings is 1. The smallest absolute Gasteiger partial charge is 0.144 e. The zero-order valence-electron chi connectivity index (χ0n) is 9.09. The molecule has 0 fully saturated rings. The van der Waals surface area contributed by atoms with Crippen molar-refractivity contribution in [3.63, 3.8) is 0 Å². The number of rotatable bonds is 4. The third-order valence-corrected chi connectivity index (χ3v) is 3.35. The van der Waals surface area contributed by atoms with Gasteiger partial charge in [0.1, 0.15) is 5.78 Å². The zero-order chi connectivity index (χ0) is 11.5. The van der Waals surface area contributed by atoms with Gasteiger partial charge in [0.15, 0.2) is 0 Å². The van der Waals surface area contributed by atoms with E-state index in [0.717, 1.165) is 10.0 Å². The first-order chi connectivity index (χ1) is 6.97. The lowest BCUT2D eigenvalue weighted by atomic mass is 9.85. The monoisotopic (exact) mass is 269 g/mol. The molecule has 82 valence electrons. The summed E-state index contributed by atoms with van der Waals surface area (Å²) < 4.78 is 0.978. The van der Waals surface area contributed by atoms with Gasteiger partial charge in [-0.25, -0.2) is 0 Å². The van der Waals surface area contributed by atoms with E-state index in [-0.39, 0.29) is 5.78 Å². The topological polar surface area (TPSA) is 43.1 Å². The molecule has 0 atom stereocenters. The Balaban J connectivity index is 2.80. The predicted octanol–water partition coefficient (Wildman–Crippen LogP) is 2.55. The van der Waals surface area contributed by atoms with Gasteiger partial charge in [0.05, 0.1) is 0 Å². The van der Waals surface area contributed by atoms with Crippen LogP contribution >= 0.6 is 15.9 Å². The molecular formula is C12H16BrNO. The van der Waals surface area contributed by atoms with Gasteiger partial charge in [0.2, 0.25) is 0 Å². The summed E-state index contributed by atoms with van der Waals surface area (Å²) in [4.78, 5) is 11.9. The van der Waals surface area contributed by atoms with Crippen molar-refractivity contribution in [1.82, 2.24) is 0 Å². The first kappa shape index (κ1) is 12.4. The van der Waals surface area contributed by atoms with E-state index in [1.54, 1.807) is 0 Å². The quantitative estimate of drug-likeness (QED) is 0.913. The number of carbonyl (C=O) groups excluding carboxylic acids is 1. The molecule has 0 aromatic heterocycles. The maximum Gasteiger partial charge on any atom is 0.144 e. The molecule has 15 heavy (non-hydrogen) atoms. The normalized spacial score (nSPS) is 11.5. The van der Waals surface area contributed by atoms with E-state index in [1.165, 1.54) is 0 Å². The van der Waals surface area contributed by atoms with Crippen LogP contribution in [0.3, 0.4) is 0 Å². The molecule has 0 radical (unpaired) electrons. The van der Waals surface area contributed by atoms with E-state index in [0.29, 0.717) is 13.0 Å². The lowest BCUT2D eigenvalue weighted by Crippen LogP contribution is -2.33. The summed E-state index contributed by atoms with van der Waals surface area (Å²) in [6, 6.07) is 7.77. The Labute approximate surface area is 99.0 Å². The summed E-state index contributed by atoms with van der Waals surface area (Å²) in [5.74, 6) is 0.178. The summed E-state index contributed by atoms with van der Waals surface area (Å²) in [5, 5.41) is 0. The van der Waals surface area contributed by atoms with Crippen LogP contribution in [0.4, 0.5) is 0 Å². The summed E-state index contributed by atoms with van der Waals surface area (Å²) in [5.41, 5.74) is 6.15. The Hall–Kier alpha value is -0.670. The maximum atomic E-state index is 11.9. The van der Waals surface area contributed by atoms with Crippen LogP contribution < -0.4 is 5.73 Å². The highest BCUT2D eigenvalue weighted by Gasteiger charge is 2.25. The summed E-state index contributed by atoms with van der Waals surface area (Å²) in [6.45, 7) is 4.15. The molecule has 0 aliphatic rings. The molecular weight excluding hydrogens is 254 g/mol. The number of hydrogen-bond acceptors (Lipinski definition) is 2. The predicted molar refractivity (Wildman–Crippen MR) is 65.7 cm³/mol. The largest absolute Gasteiger partial charge is 0.329 e. The molecule has 0 bridgehead atoms. The fourth-order valence-corrected chi connectivity index (χ4v) is 1.59. The SMILES string of the molecule is CC(C)(CN)C(=O)Cc1ccccc1Br. The van der Waals surface area contributed by atoms with E-state index in [9.17, 15) is 4.79 Å². The number of nitrogens with two attached hydrogens (primary N) is 1. The standard InChI is InChI=1S/C12H16BrNO/c1-12(2,8-14)11(15)7-9-5-3-4-6-10(9)13/h3-6H,7-8,14H2,1-2H3. The molecule has 0 unspecified atom stereocenters. The van der Waals surface area contributed by atoms with Gasteiger partial charge in [-0.15, -0.1) is 0 Å². The Morgan fingerprint density at radius 3 is 2.53 bits per heavy atom. The van der Waals surface area contributed by atoms with E-state index in [4.69, 9.17) is 5.73 Å². The molecule has 0 aliphatic carbocycles. The van der Waals surface area contributed by atoms with Gasteiger partial charge in [-0.05, 0) is 11.6 Å². The van der Waals surface area contributed by atoms with E-state index < -0.39 is 5.41 Å². The molecule has 1 aromatic rings. The highest BCUT2D eigenvalue weighted by atomic mass is 79.9. The molecule has 1 aromatic carbocycles. The molecule has 0 aliphatic heterocycles. The van der Waals surface area contributed by atoms with Crippen LogP contribution in [0.2, 0.25) is 0 Å². The van der Waals surface area contributed by atoms with E-state index in [1.807, 2.05) is 38.1 Å². The van der Waals surface area contributed by atoms with Gasteiger partial charge in [-0.2, -0.15) is 0 Å². The minimum absolute atomic E-state index is 0.178. The van der Waals surface area contributed by atoms with Gasteiger partial charge in [-0.3, -0.25) is 4.79 Å². The van der Waals surface area contributed by atoms with Crippen LogP contribution in [0, 0.1) is 5.41 Å². The third kappa shape index (κ3) is 3.14. The summed E-state index contributed by atoms with van der Waals surface area (Å²) >= 11 is 3.43. The number of hydrogen-bond donors (Lipinski definition) is 1. The van der Waals surface area contributed by atoms with Crippen molar-refractivity contribution in [3.05, 3.63) is 34.3 Å². The lowest BCUT2D eigenvalue weighted by Gasteiger charge is -2.20. The molecule has 0 saturated heterocycles. The second-order valence-corrected chi connectivity index (χ2v) is 5.13. The number of ketones is 1. The van der Waals surface area contributed by atoms with Crippen LogP contribution in [0.15, 0.2) is 28.7 Å². The van der Waals surface area contributed by atoms with Crippen LogP contribution in [-0.4, -0.2) is 12.3 Å². The van der Waals surface area contributed by atoms with Crippen molar-refractivity contribution in [2.24, 2.45) is 11.1 Å². The Bertz CT molecular complexity index is 360. The van der Waals surface area contributed by atoms with Crippen LogP contribution in [0.1, 0.15) is 19.4 Å². The fraction of sp³-hybridized carbons (Fsp3) is 0.417. The van der Waals surface area contributed by atoms with E-state index in [2.05, 4.69) is 15.9 Å². The lowest BCUT2D eigenvalue weighted by molar-refractivity contribution is -0.125. The van der Waals surface area contributed by atoms with E-state index >= 15 is 0 Å². The highest BCUT2D eigenvalue weighted by molar-refractivity contribution is 9.10. The third-order valence-electron chi connectivity index (χ3n) is 2.57. The number of carbonyl (C=O) groups is 1. The molecule has 0 spiro atoms. The zero-order valence-corrected chi connectivity index (χ0v) is 10.7. The van der Waals surface area contributed by atoms with Crippen molar-refractivity contribution in [2.75, 3.05) is 6.54 Å². The average Bonchev–Trinajstić information content (AvgIpc) is 2.21. The highest BCUT2D eigenvalue weighted by Crippen LogP contribution is 2.22. The minimum Gasteiger partial charge on any atom is -0.329 e. The molecule has 2 N–H and O–H groups in total. The number of Topliss-reactive ketones (excluding diaryl/α,β-unsaturated/α-hetero) is 1. The fourth-order valence-electron chi connectivity index (χ4n) is 1.17. The number of halogens is 1. The van der Waals surface area contributed by atoms with Crippen LogP contribution in [0.25, 0.3) is 0 Å². The van der Waals surface area contributed by atoms with Crippen molar-refractivity contribution < 1.29 is 4.79 Å². The van der Waals surface area contributed by atoms with Crippen molar-refractivity contribution >= 4 is 21.7 Å². The van der Waals surface area contributed by atoms with Gasteiger partial charge < -0.3 is 5.73 Å². The molecule has 1 rings (SSSR count). The Kier molecular flexibility index (Phi) is 4.05. The molecule has 2 nitrogen and oxygen atoms in total. The molecule has 0 saturated carbocycles. The van der Waals surface area contributed by atoms with Crippen molar-refractivity contribution in [1.29, 1.82) is 0 Å². The van der Waals surface area contributed by atoms with Gasteiger partial charge in [0, 0.05) is 22.9 Å². The summed E-state index contributed by atoms with van der Waals surface area (Å²) in [6.07, 6.45) is 0.436. The van der Waals surface area contributed by atoms with Crippen molar-refractivity contribution in [2.45, 2.75) is 20.3 Å². The van der Waals surface area contributed by atoms with Gasteiger partial charge in [-0.1, -0.05) is 48.0 Å². The second kappa shape index (κ2) is 4.90. The van der Waals surface area contributed by atoms with Crippen LogP contribution in [0.5, 0.6) is 0 Å². The maximum absolute atomic E-state index is 11.9. The van der Waals surface area contributed by atoms with Gasteiger partial charge in [0.25, 0.3) is 0 Å². The average molecular weight is 270 g/mol. The minimum atomic E-state index is -0.435. The second-order valence-electron chi connectivity index (χ2n) is 4.28. The Morgan fingerprint density at radius 2 is 2.00 bits per heavy atom. The first-order valence-corrected chi connectivity index (χ1v) is 5.73. The summed E-state index contributed by atoms with van der Waals surface area (Å²) in [7, 11) is 0. The molecule has 0 amide bonds. The van der Waals surface area contributed by atoms with Gasteiger partial charge >= 0.3 is 0 Å². The van der Waals surface area contributed by atoms with Crippen molar-refractivity contribution in [3.8, 4) is 0 Å². The molecule has 0 heterocycles. The first-order valence-electron chi connectivity index (χ1n) is 4.94.